The van der Waals surface area contributed by atoms with Crippen molar-refractivity contribution in [1.82, 2.24) is 5.32 Å². The first-order valence-corrected chi connectivity index (χ1v) is 8.59. The third-order valence-corrected chi connectivity index (χ3v) is 4.10. The molecule has 1 N–H and O–H groups in total. The number of unbranched alkanes of at least 4 members (excludes halogenated alkanes) is 1. The quantitative estimate of drug-likeness (QED) is 0.583. The second-order valence-electron chi connectivity index (χ2n) is 5.22. The monoisotopic (exact) mass is 380 g/mol. The molecule has 2 rings (SSSR count). The number of ether oxygens (including phenoxy) is 1. The highest BCUT2D eigenvalue weighted by atomic mass is 79.9. The largest absolute Gasteiger partial charge is 0.463 e. The van der Waals surface area contributed by atoms with Crippen molar-refractivity contribution in [3.05, 3.63) is 40.0 Å². The lowest BCUT2D eigenvalue weighted by Crippen LogP contribution is -2.30. The number of amides is 1. The van der Waals surface area contributed by atoms with Gasteiger partial charge < -0.3 is 15.0 Å². The molecule has 0 atom stereocenters. The van der Waals surface area contributed by atoms with Crippen molar-refractivity contribution < 1.29 is 14.3 Å². The van der Waals surface area contributed by atoms with Crippen LogP contribution in [-0.4, -0.2) is 31.6 Å². The van der Waals surface area contributed by atoms with Crippen LogP contribution in [-0.2, 0) is 14.3 Å². The van der Waals surface area contributed by atoms with Gasteiger partial charge >= 0.3 is 5.97 Å². The van der Waals surface area contributed by atoms with Gasteiger partial charge in [-0.2, -0.15) is 0 Å². The van der Waals surface area contributed by atoms with E-state index in [4.69, 9.17) is 4.74 Å². The molecule has 5 nitrogen and oxygen atoms in total. The molecule has 1 aromatic rings. The molecule has 0 radical (unpaired) electrons. The Morgan fingerprint density at radius 2 is 2.00 bits per heavy atom. The Hall–Kier alpha value is -1.82. The number of carbonyl (C=O) groups excluding carboxylic acids is 2. The van der Waals surface area contributed by atoms with Crippen LogP contribution in [0.1, 0.15) is 26.7 Å². The molecule has 0 aliphatic carbocycles. The zero-order chi connectivity index (χ0) is 16.8. The van der Waals surface area contributed by atoms with Crippen LogP contribution in [0.2, 0.25) is 0 Å². The highest BCUT2D eigenvalue weighted by Crippen LogP contribution is 2.26. The van der Waals surface area contributed by atoms with Crippen LogP contribution in [0, 0.1) is 0 Å². The van der Waals surface area contributed by atoms with Crippen molar-refractivity contribution in [3.63, 3.8) is 0 Å². The highest BCUT2D eigenvalue weighted by Gasteiger charge is 2.35. The summed E-state index contributed by atoms with van der Waals surface area (Å²) in [4.78, 5) is 26.4. The lowest BCUT2D eigenvalue weighted by molar-refractivity contribution is -0.138. The van der Waals surface area contributed by atoms with Crippen LogP contribution >= 0.6 is 15.9 Å². The van der Waals surface area contributed by atoms with Crippen molar-refractivity contribution in [2.45, 2.75) is 26.7 Å². The van der Waals surface area contributed by atoms with Gasteiger partial charge in [-0.05, 0) is 37.6 Å². The minimum atomic E-state index is -0.431. The smallest absolute Gasteiger partial charge is 0.338 e. The van der Waals surface area contributed by atoms with E-state index in [9.17, 15) is 9.59 Å². The van der Waals surface area contributed by atoms with Crippen LogP contribution in [0.5, 0.6) is 0 Å². The van der Waals surface area contributed by atoms with Crippen LogP contribution in [0.4, 0.5) is 5.69 Å². The number of carbonyl (C=O) groups is 2. The molecular weight excluding hydrogens is 360 g/mol. The molecule has 1 amide bonds. The van der Waals surface area contributed by atoms with E-state index in [0.29, 0.717) is 17.8 Å². The van der Waals surface area contributed by atoms with Crippen LogP contribution in [0.15, 0.2) is 40.0 Å². The van der Waals surface area contributed by atoms with Gasteiger partial charge in [-0.25, -0.2) is 4.79 Å². The number of hydrogen-bond donors (Lipinski definition) is 1. The number of benzene rings is 1. The van der Waals surface area contributed by atoms with Gasteiger partial charge in [0, 0.05) is 16.7 Å². The van der Waals surface area contributed by atoms with E-state index < -0.39 is 5.97 Å². The van der Waals surface area contributed by atoms with E-state index in [-0.39, 0.29) is 19.1 Å². The van der Waals surface area contributed by atoms with E-state index >= 15 is 0 Å². The van der Waals surface area contributed by atoms with E-state index in [1.54, 1.807) is 11.8 Å². The lowest BCUT2D eigenvalue weighted by atomic mass is 10.2. The number of rotatable bonds is 7. The van der Waals surface area contributed by atoms with E-state index in [2.05, 4.69) is 28.2 Å². The summed E-state index contributed by atoms with van der Waals surface area (Å²) in [7, 11) is 0. The summed E-state index contributed by atoms with van der Waals surface area (Å²) in [6, 6.07) is 7.43. The Morgan fingerprint density at radius 1 is 1.30 bits per heavy atom. The predicted octanol–water partition coefficient (Wildman–Crippen LogP) is 3.00. The van der Waals surface area contributed by atoms with E-state index in [1.807, 2.05) is 24.3 Å². The van der Waals surface area contributed by atoms with Crippen LogP contribution in [0.3, 0.4) is 0 Å². The fraction of sp³-hybridized carbons (Fsp3) is 0.412. The molecule has 1 aromatic carbocycles. The number of anilines is 1. The van der Waals surface area contributed by atoms with Gasteiger partial charge in [0.05, 0.1) is 18.7 Å². The predicted molar refractivity (Wildman–Crippen MR) is 93.1 cm³/mol. The number of nitrogens with one attached hydrogen (secondary N) is 1. The first-order valence-electron chi connectivity index (χ1n) is 7.80. The van der Waals surface area contributed by atoms with Crippen molar-refractivity contribution in [1.29, 1.82) is 0 Å². The molecule has 1 aliphatic heterocycles. The summed E-state index contributed by atoms with van der Waals surface area (Å²) in [6.45, 7) is 5.01. The maximum Gasteiger partial charge on any atom is 0.338 e. The molecule has 0 bridgehead atoms. The van der Waals surface area contributed by atoms with Gasteiger partial charge in [0.1, 0.15) is 5.70 Å². The third kappa shape index (κ3) is 4.13. The minimum Gasteiger partial charge on any atom is -0.463 e. The Labute approximate surface area is 144 Å². The summed E-state index contributed by atoms with van der Waals surface area (Å²) in [5.41, 5.74) is 1.52. The minimum absolute atomic E-state index is 0.188. The molecule has 0 spiro atoms. The van der Waals surface area contributed by atoms with Gasteiger partial charge in [0.2, 0.25) is 0 Å². The summed E-state index contributed by atoms with van der Waals surface area (Å²) in [6.07, 6.45) is 1.95. The highest BCUT2D eigenvalue weighted by molar-refractivity contribution is 9.10. The molecule has 1 heterocycles. The van der Waals surface area contributed by atoms with Crippen molar-refractivity contribution in [2.75, 3.05) is 24.6 Å². The summed E-state index contributed by atoms with van der Waals surface area (Å²) < 4.78 is 6.03. The van der Waals surface area contributed by atoms with Gasteiger partial charge in [0.15, 0.2) is 0 Å². The van der Waals surface area contributed by atoms with Crippen molar-refractivity contribution in [2.24, 2.45) is 0 Å². The zero-order valence-corrected chi connectivity index (χ0v) is 15.0. The number of hydrogen-bond acceptors (Lipinski definition) is 4. The maximum absolute atomic E-state index is 12.7. The van der Waals surface area contributed by atoms with E-state index in [0.717, 1.165) is 23.0 Å². The summed E-state index contributed by atoms with van der Waals surface area (Å²) >= 11 is 3.38. The van der Waals surface area contributed by atoms with E-state index in [1.165, 1.54) is 0 Å². The molecular formula is C17H21BrN2O3. The van der Waals surface area contributed by atoms with Crippen molar-refractivity contribution in [3.8, 4) is 0 Å². The second-order valence-corrected chi connectivity index (χ2v) is 6.14. The molecule has 6 heteroatoms. The van der Waals surface area contributed by atoms with Gasteiger partial charge in [-0.1, -0.05) is 29.3 Å². The molecule has 124 valence electrons. The van der Waals surface area contributed by atoms with Gasteiger partial charge in [-0.3, -0.25) is 4.79 Å². The number of esters is 1. The third-order valence-electron chi connectivity index (χ3n) is 3.57. The summed E-state index contributed by atoms with van der Waals surface area (Å²) in [5.74, 6) is -0.620. The van der Waals surface area contributed by atoms with Gasteiger partial charge in [-0.15, -0.1) is 0 Å². The molecule has 1 aliphatic rings. The van der Waals surface area contributed by atoms with Gasteiger partial charge in [0.25, 0.3) is 5.91 Å². The zero-order valence-electron chi connectivity index (χ0n) is 13.4. The number of nitrogens with zero attached hydrogens (tertiary/aromatic N) is 1. The summed E-state index contributed by atoms with van der Waals surface area (Å²) in [5, 5.41) is 3.11. The normalized spacial score (nSPS) is 14.4. The topological polar surface area (TPSA) is 58.6 Å². The fourth-order valence-electron chi connectivity index (χ4n) is 2.36. The van der Waals surface area contributed by atoms with Crippen LogP contribution < -0.4 is 10.2 Å². The van der Waals surface area contributed by atoms with Crippen molar-refractivity contribution >= 4 is 33.5 Å². The SMILES string of the molecule is CCCCNC1=C(C(=O)OCC)CN(c2ccc(Br)cc2)C1=O. The maximum atomic E-state index is 12.7. The Bertz CT molecular complexity index is 611. The van der Waals surface area contributed by atoms with Crippen LogP contribution in [0.25, 0.3) is 0 Å². The molecule has 0 saturated carbocycles. The molecule has 0 aromatic heterocycles. The molecule has 0 saturated heterocycles. The average Bonchev–Trinajstić information content (AvgIpc) is 2.86. The Balaban J connectivity index is 2.23. The number of halogens is 1. The average molecular weight is 381 g/mol. The Kier molecular flexibility index (Phi) is 6.21. The first kappa shape index (κ1) is 17.5. The Morgan fingerprint density at radius 3 is 2.61 bits per heavy atom. The fourth-order valence-corrected chi connectivity index (χ4v) is 2.62. The molecule has 0 unspecified atom stereocenters. The molecule has 23 heavy (non-hydrogen) atoms. The standard InChI is InChI=1S/C17H21BrN2O3/c1-3-5-10-19-15-14(17(22)23-4-2)11-20(16(15)21)13-8-6-12(18)7-9-13/h6-9,19H,3-5,10-11H2,1-2H3. The lowest BCUT2D eigenvalue weighted by Gasteiger charge is -2.17. The molecule has 0 fully saturated rings. The first-order chi connectivity index (χ1) is 11.1. The second kappa shape index (κ2) is 8.15.